The Labute approximate surface area is 193 Å². The molecular weight excluding hydrogens is 456 g/mol. The van der Waals surface area contributed by atoms with E-state index in [1.807, 2.05) is 18.0 Å². The zero-order chi connectivity index (χ0) is 22.4. The largest absolute Gasteiger partial charge is 0.489 e. The molecule has 2 fully saturated rings. The van der Waals surface area contributed by atoms with Gasteiger partial charge in [-0.25, -0.2) is 4.79 Å². The number of nitrogens with one attached hydrogen (secondary N) is 1. The van der Waals surface area contributed by atoms with Gasteiger partial charge in [0.2, 0.25) is 5.91 Å². The van der Waals surface area contributed by atoms with Crippen LogP contribution < -0.4 is 19.9 Å². The van der Waals surface area contributed by atoms with Crippen LogP contribution in [0.2, 0.25) is 4.34 Å². The van der Waals surface area contributed by atoms with Crippen molar-refractivity contribution in [1.82, 2.24) is 10.2 Å². The minimum absolute atomic E-state index is 0.0239. The fourth-order valence-corrected chi connectivity index (χ4v) is 5.10. The standard InChI is InChI=1S/C21H21ClN4O5S/c1-24-6-7-25(19(27)10-24)12-2-3-13-15(8-12)30-11-14-16(31-21(29)26(13)14)9-23-20(28)17-4-5-18(22)32-17/h2-5,8,14,16H,6-7,9-11H2,1H3,(H,23,28)/t14-,16-/m0/s1. The quantitative estimate of drug-likeness (QED) is 0.727. The number of nitrogens with zero attached hydrogens (tertiary/aromatic N) is 3. The van der Waals surface area contributed by atoms with Crippen molar-refractivity contribution in [2.45, 2.75) is 12.1 Å². The summed E-state index contributed by atoms with van der Waals surface area (Å²) in [6, 6.07) is 8.33. The van der Waals surface area contributed by atoms with Gasteiger partial charge >= 0.3 is 6.09 Å². The van der Waals surface area contributed by atoms with Crippen LogP contribution in [0.5, 0.6) is 5.75 Å². The maximum Gasteiger partial charge on any atom is 0.415 e. The van der Waals surface area contributed by atoms with E-state index < -0.39 is 12.2 Å². The predicted molar refractivity (Wildman–Crippen MR) is 120 cm³/mol. The molecule has 11 heteroatoms. The summed E-state index contributed by atoms with van der Waals surface area (Å²) in [5, 5.41) is 2.80. The average molecular weight is 477 g/mol. The molecule has 2 saturated heterocycles. The minimum Gasteiger partial charge on any atom is -0.489 e. The highest BCUT2D eigenvalue weighted by Gasteiger charge is 2.46. The Morgan fingerprint density at radius 1 is 1.25 bits per heavy atom. The van der Waals surface area contributed by atoms with Crippen molar-refractivity contribution in [2.75, 3.05) is 49.6 Å². The van der Waals surface area contributed by atoms with Gasteiger partial charge in [-0.2, -0.15) is 0 Å². The predicted octanol–water partition coefficient (Wildman–Crippen LogP) is 2.20. The van der Waals surface area contributed by atoms with E-state index in [9.17, 15) is 14.4 Å². The van der Waals surface area contributed by atoms with Gasteiger partial charge in [-0.1, -0.05) is 11.6 Å². The maximum absolute atomic E-state index is 12.6. The number of hydrogen-bond acceptors (Lipinski definition) is 7. The highest BCUT2D eigenvalue weighted by atomic mass is 35.5. The molecule has 0 radical (unpaired) electrons. The van der Waals surface area contributed by atoms with Gasteiger partial charge in [0.15, 0.2) is 0 Å². The summed E-state index contributed by atoms with van der Waals surface area (Å²) in [6.07, 6.45) is -1.03. The normalized spacial score (nSPS) is 22.8. The lowest BCUT2D eigenvalue weighted by Gasteiger charge is -2.34. The number of thiophene rings is 1. The van der Waals surface area contributed by atoms with Crippen molar-refractivity contribution in [3.63, 3.8) is 0 Å². The van der Waals surface area contributed by atoms with Crippen LogP contribution in [0.15, 0.2) is 30.3 Å². The van der Waals surface area contributed by atoms with Crippen molar-refractivity contribution in [3.8, 4) is 5.75 Å². The van der Waals surface area contributed by atoms with Crippen LogP contribution in [0.25, 0.3) is 0 Å². The second-order valence-corrected chi connectivity index (χ2v) is 9.63. The van der Waals surface area contributed by atoms with Crippen molar-refractivity contribution in [3.05, 3.63) is 39.5 Å². The summed E-state index contributed by atoms with van der Waals surface area (Å²) in [7, 11) is 1.92. The molecule has 3 aliphatic heterocycles. The average Bonchev–Trinajstić information content (AvgIpc) is 3.35. The third-order valence-corrected chi connectivity index (χ3v) is 7.04. The summed E-state index contributed by atoms with van der Waals surface area (Å²) in [5.74, 6) is 0.283. The Bertz CT molecular complexity index is 1090. The van der Waals surface area contributed by atoms with Crippen LogP contribution in [0.4, 0.5) is 16.2 Å². The maximum atomic E-state index is 12.6. The number of ether oxygens (including phenoxy) is 2. The first kappa shape index (κ1) is 21.0. The van der Waals surface area contributed by atoms with Crippen LogP contribution in [0.3, 0.4) is 0 Å². The number of benzene rings is 1. The number of cyclic esters (lactones) is 1. The van der Waals surface area contributed by atoms with Crippen LogP contribution in [0, 0.1) is 0 Å². The molecule has 1 N–H and O–H groups in total. The van der Waals surface area contributed by atoms with Crippen molar-refractivity contribution in [1.29, 1.82) is 0 Å². The van der Waals surface area contributed by atoms with Crippen molar-refractivity contribution >= 4 is 52.2 Å². The second kappa shape index (κ2) is 8.27. The number of hydrogen-bond donors (Lipinski definition) is 1. The van der Waals surface area contributed by atoms with E-state index in [0.29, 0.717) is 33.7 Å². The smallest absolute Gasteiger partial charge is 0.415 e. The third-order valence-electron chi connectivity index (χ3n) is 5.81. The lowest BCUT2D eigenvalue weighted by molar-refractivity contribution is -0.120. The summed E-state index contributed by atoms with van der Waals surface area (Å²) in [4.78, 5) is 43.1. The number of carbonyl (C=O) groups is 3. The van der Waals surface area contributed by atoms with Gasteiger partial charge in [-0.05, 0) is 31.3 Å². The van der Waals surface area contributed by atoms with Gasteiger partial charge in [-0.15, -0.1) is 11.3 Å². The molecule has 0 aliphatic carbocycles. The summed E-state index contributed by atoms with van der Waals surface area (Å²) in [6.45, 7) is 2.14. The molecule has 5 rings (SSSR count). The lowest BCUT2D eigenvalue weighted by Crippen LogP contribution is -2.49. The molecule has 2 atom stereocenters. The molecule has 4 heterocycles. The van der Waals surface area contributed by atoms with Gasteiger partial charge in [0.25, 0.3) is 5.91 Å². The third kappa shape index (κ3) is 3.78. The number of rotatable bonds is 4. The first-order valence-electron chi connectivity index (χ1n) is 10.2. The monoisotopic (exact) mass is 476 g/mol. The zero-order valence-corrected chi connectivity index (χ0v) is 18.8. The first-order chi connectivity index (χ1) is 15.4. The molecule has 0 unspecified atom stereocenters. The Balaban J connectivity index is 1.29. The van der Waals surface area contributed by atoms with Crippen LogP contribution >= 0.6 is 22.9 Å². The topological polar surface area (TPSA) is 91.4 Å². The minimum atomic E-state index is -0.547. The van der Waals surface area contributed by atoms with Crippen LogP contribution in [-0.4, -0.2) is 74.8 Å². The molecule has 1 aromatic carbocycles. The molecule has 3 amide bonds. The summed E-state index contributed by atoms with van der Waals surface area (Å²) >= 11 is 7.07. The molecule has 3 aliphatic rings. The number of likely N-dealkylation sites (N-methyl/N-ethyl adjacent to an activating group) is 1. The summed E-state index contributed by atoms with van der Waals surface area (Å²) in [5.41, 5.74) is 1.33. The van der Waals surface area contributed by atoms with E-state index in [2.05, 4.69) is 5.32 Å². The summed E-state index contributed by atoms with van der Waals surface area (Å²) < 4.78 is 12.0. The van der Waals surface area contributed by atoms with Gasteiger partial charge < -0.3 is 19.7 Å². The fraction of sp³-hybridized carbons (Fsp3) is 0.381. The van der Waals surface area contributed by atoms with Crippen LogP contribution in [-0.2, 0) is 9.53 Å². The molecule has 0 bridgehead atoms. The van der Waals surface area contributed by atoms with E-state index in [0.717, 1.165) is 12.2 Å². The Morgan fingerprint density at radius 3 is 2.84 bits per heavy atom. The molecule has 2 aromatic rings. The molecule has 0 saturated carbocycles. The highest BCUT2D eigenvalue weighted by molar-refractivity contribution is 7.18. The van der Waals surface area contributed by atoms with Gasteiger partial charge in [0, 0.05) is 24.8 Å². The van der Waals surface area contributed by atoms with Crippen molar-refractivity contribution in [2.24, 2.45) is 0 Å². The molecule has 0 spiro atoms. The number of piperazine rings is 1. The fourth-order valence-electron chi connectivity index (χ4n) is 4.14. The van der Waals surface area contributed by atoms with E-state index in [4.69, 9.17) is 21.1 Å². The second-order valence-electron chi connectivity index (χ2n) is 7.92. The molecule has 1 aromatic heterocycles. The van der Waals surface area contributed by atoms with E-state index in [-0.39, 0.29) is 31.0 Å². The number of halogens is 1. The van der Waals surface area contributed by atoms with Crippen LogP contribution in [0.1, 0.15) is 9.67 Å². The number of amides is 3. The van der Waals surface area contributed by atoms with Gasteiger partial charge in [0.1, 0.15) is 24.5 Å². The van der Waals surface area contributed by atoms with Gasteiger partial charge in [0.05, 0.1) is 28.0 Å². The number of carbonyl (C=O) groups excluding carboxylic acids is 3. The zero-order valence-electron chi connectivity index (χ0n) is 17.2. The Morgan fingerprint density at radius 2 is 2.09 bits per heavy atom. The van der Waals surface area contributed by atoms with E-state index >= 15 is 0 Å². The number of anilines is 2. The molecule has 32 heavy (non-hydrogen) atoms. The molecule has 168 valence electrons. The number of fused-ring (bicyclic) bond motifs is 3. The Kier molecular flexibility index (Phi) is 5.44. The lowest BCUT2D eigenvalue weighted by atomic mass is 10.1. The van der Waals surface area contributed by atoms with Gasteiger partial charge in [-0.3, -0.25) is 19.4 Å². The molecule has 9 nitrogen and oxygen atoms in total. The Hall–Kier alpha value is -2.82. The molecular formula is C21H21ClN4O5S. The van der Waals surface area contributed by atoms with E-state index in [1.54, 1.807) is 34.1 Å². The highest BCUT2D eigenvalue weighted by Crippen LogP contribution is 2.41. The van der Waals surface area contributed by atoms with E-state index in [1.165, 1.54) is 11.3 Å². The first-order valence-corrected chi connectivity index (χ1v) is 11.4. The van der Waals surface area contributed by atoms with Crippen molar-refractivity contribution < 1.29 is 23.9 Å². The SMILES string of the molecule is CN1CCN(c2ccc3c(c2)OC[C@H]2[C@H](CNC(=O)c4ccc(Cl)s4)OC(=O)N32)C(=O)C1.